The lowest BCUT2D eigenvalue weighted by Crippen LogP contribution is -2.63. The first-order valence-corrected chi connectivity index (χ1v) is 10.2. The van der Waals surface area contributed by atoms with E-state index in [0.717, 1.165) is 32.1 Å². The number of carbonyl (C=O) groups excluding carboxylic acids is 3. The molecular formula is C21H30O6. The number of cyclic esters (lactones) is 2. The van der Waals surface area contributed by atoms with Crippen molar-refractivity contribution in [2.24, 2.45) is 35.0 Å². The Morgan fingerprint density at radius 1 is 1.19 bits per heavy atom. The van der Waals surface area contributed by atoms with Crippen molar-refractivity contribution in [2.45, 2.75) is 77.4 Å². The van der Waals surface area contributed by atoms with E-state index in [1.165, 1.54) is 0 Å². The summed E-state index contributed by atoms with van der Waals surface area (Å²) in [6, 6.07) is 0. The molecule has 27 heavy (non-hydrogen) atoms. The predicted octanol–water partition coefficient (Wildman–Crippen LogP) is 2.61. The Hall–Kier alpha value is -1.43. The summed E-state index contributed by atoms with van der Waals surface area (Å²) in [6.45, 7) is 7.12. The summed E-state index contributed by atoms with van der Waals surface area (Å²) in [7, 11) is 0. The van der Waals surface area contributed by atoms with Crippen LogP contribution in [0.3, 0.4) is 0 Å². The van der Waals surface area contributed by atoms with E-state index >= 15 is 0 Å². The molecule has 0 aromatic rings. The maximum absolute atomic E-state index is 12.9. The van der Waals surface area contributed by atoms with Crippen molar-refractivity contribution in [2.75, 3.05) is 0 Å². The molecule has 1 aliphatic heterocycles. The van der Waals surface area contributed by atoms with Crippen LogP contribution in [0.25, 0.3) is 0 Å². The average molecular weight is 378 g/mol. The SMILES string of the molecule is CC1C(=O)OC(=O)C1C(C)C(=O)OC(C)(C)C12CC3CC(CC(O)(C3)C1)C2. The number of esters is 3. The van der Waals surface area contributed by atoms with Gasteiger partial charge in [0, 0.05) is 5.41 Å². The van der Waals surface area contributed by atoms with Crippen LogP contribution in [0.1, 0.15) is 66.2 Å². The Morgan fingerprint density at radius 2 is 1.78 bits per heavy atom. The molecule has 4 saturated carbocycles. The van der Waals surface area contributed by atoms with Gasteiger partial charge in [-0.1, -0.05) is 13.8 Å². The van der Waals surface area contributed by atoms with E-state index in [9.17, 15) is 19.5 Å². The fourth-order valence-corrected chi connectivity index (χ4v) is 6.77. The number of carbonyl (C=O) groups is 3. The van der Waals surface area contributed by atoms with Gasteiger partial charge in [0.1, 0.15) is 5.60 Å². The van der Waals surface area contributed by atoms with Crippen molar-refractivity contribution in [3.63, 3.8) is 0 Å². The van der Waals surface area contributed by atoms with E-state index in [1.54, 1.807) is 13.8 Å². The number of hydrogen-bond acceptors (Lipinski definition) is 6. The van der Waals surface area contributed by atoms with Gasteiger partial charge in [0.15, 0.2) is 0 Å². The third-order valence-electron chi connectivity index (χ3n) is 7.96. The zero-order valence-electron chi connectivity index (χ0n) is 16.6. The van der Waals surface area contributed by atoms with Crippen molar-refractivity contribution in [3.05, 3.63) is 0 Å². The lowest BCUT2D eigenvalue weighted by atomic mass is 9.44. The molecule has 0 aromatic carbocycles. The van der Waals surface area contributed by atoms with E-state index in [0.29, 0.717) is 18.3 Å². The molecule has 1 saturated heterocycles. The summed E-state index contributed by atoms with van der Waals surface area (Å²) < 4.78 is 10.7. The van der Waals surface area contributed by atoms with Crippen molar-refractivity contribution in [1.29, 1.82) is 0 Å². The smallest absolute Gasteiger partial charge is 0.318 e. The fourth-order valence-electron chi connectivity index (χ4n) is 6.77. The molecule has 4 aliphatic carbocycles. The minimum absolute atomic E-state index is 0.223. The van der Waals surface area contributed by atoms with Gasteiger partial charge >= 0.3 is 17.9 Å². The van der Waals surface area contributed by atoms with Crippen LogP contribution in [-0.4, -0.2) is 34.2 Å². The summed E-state index contributed by atoms with van der Waals surface area (Å²) in [5, 5.41) is 11.0. The molecule has 0 spiro atoms. The number of rotatable bonds is 4. The first-order valence-electron chi connectivity index (χ1n) is 10.2. The maximum Gasteiger partial charge on any atom is 0.318 e. The Balaban J connectivity index is 1.52. The van der Waals surface area contributed by atoms with E-state index in [2.05, 4.69) is 4.74 Å². The summed E-state index contributed by atoms with van der Waals surface area (Å²) >= 11 is 0. The second kappa shape index (κ2) is 5.79. The molecule has 1 heterocycles. The van der Waals surface area contributed by atoms with Crippen LogP contribution in [-0.2, 0) is 23.9 Å². The molecule has 0 radical (unpaired) electrons. The Labute approximate surface area is 160 Å². The summed E-state index contributed by atoms with van der Waals surface area (Å²) in [4.78, 5) is 36.5. The number of ether oxygens (including phenoxy) is 2. The highest BCUT2D eigenvalue weighted by Crippen LogP contribution is 2.65. The highest BCUT2D eigenvalue weighted by molar-refractivity contribution is 5.98. The third-order valence-corrected chi connectivity index (χ3v) is 7.96. The van der Waals surface area contributed by atoms with Gasteiger partial charge in [-0.25, -0.2) is 0 Å². The van der Waals surface area contributed by atoms with Crippen LogP contribution in [0, 0.1) is 35.0 Å². The lowest BCUT2D eigenvalue weighted by Gasteiger charge is -2.64. The van der Waals surface area contributed by atoms with Crippen molar-refractivity contribution in [3.8, 4) is 0 Å². The highest BCUT2D eigenvalue weighted by atomic mass is 16.6. The average Bonchev–Trinajstić information content (AvgIpc) is 2.76. The third kappa shape index (κ3) is 2.82. The number of hydrogen-bond donors (Lipinski definition) is 1. The summed E-state index contributed by atoms with van der Waals surface area (Å²) in [5.41, 5.74) is -1.59. The number of aliphatic hydroxyl groups is 1. The minimum atomic E-state index is -0.790. The molecule has 5 atom stereocenters. The van der Waals surface area contributed by atoms with Gasteiger partial charge in [-0.15, -0.1) is 0 Å². The van der Waals surface area contributed by atoms with Crippen LogP contribution >= 0.6 is 0 Å². The second-order valence-corrected chi connectivity index (χ2v) is 10.2. The summed E-state index contributed by atoms with van der Waals surface area (Å²) in [5.74, 6) is -2.86. The molecular weight excluding hydrogens is 348 g/mol. The van der Waals surface area contributed by atoms with Crippen LogP contribution in [0.5, 0.6) is 0 Å². The first-order chi connectivity index (χ1) is 12.5. The normalized spacial score (nSPS) is 44.3. The van der Waals surface area contributed by atoms with Crippen LogP contribution in [0.2, 0.25) is 0 Å². The van der Waals surface area contributed by atoms with Crippen LogP contribution < -0.4 is 0 Å². The predicted molar refractivity (Wildman–Crippen MR) is 95.2 cm³/mol. The Kier molecular flexibility index (Phi) is 4.05. The maximum atomic E-state index is 12.9. The molecule has 6 heteroatoms. The molecule has 0 amide bonds. The van der Waals surface area contributed by atoms with Crippen LogP contribution in [0.4, 0.5) is 0 Å². The van der Waals surface area contributed by atoms with Gasteiger partial charge in [-0.05, 0) is 64.2 Å². The molecule has 6 nitrogen and oxygen atoms in total. The van der Waals surface area contributed by atoms with E-state index in [-0.39, 0.29) is 5.41 Å². The van der Waals surface area contributed by atoms with Crippen molar-refractivity contribution in [1.82, 2.24) is 0 Å². The van der Waals surface area contributed by atoms with Gasteiger partial charge < -0.3 is 14.6 Å². The fraction of sp³-hybridized carbons (Fsp3) is 0.857. The quantitative estimate of drug-likeness (QED) is 0.597. The van der Waals surface area contributed by atoms with Gasteiger partial charge in [0.25, 0.3) is 0 Å². The topological polar surface area (TPSA) is 89.9 Å². The van der Waals surface area contributed by atoms with E-state index in [1.807, 2.05) is 13.8 Å². The molecule has 1 N–H and O–H groups in total. The highest BCUT2D eigenvalue weighted by Gasteiger charge is 2.63. The van der Waals surface area contributed by atoms with E-state index < -0.39 is 46.9 Å². The molecule has 0 aromatic heterocycles. The Bertz CT molecular complexity index is 681. The standard InChI is InChI=1S/C21H30O6/c1-11-15(18(24)26-16(11)22)12(2)17(23)27-19(3,4)20-6-13-5-14(7-20)9-21(25,8-13)10-20/h11-15,25H,5-10H2,1-4H3. The van der Waals surface area contributed by atoms with Gasteiger partial charge in [0.2, 0.25) is 0 Å². The monoisotopic (exact) mass is 378 g/mol. The molecule has 4 bridgehead atoms. The summed E-state index contributed by atoms with van der Waals surface area (Å²) in [6.07, 6.45) is 5.50. The lowest BCUT2D eigenvalue weighted by molar-refractivity contribution is -0.234. The van der Waals surface area contributed by atoms with Crippen LogP contribution in [0.15, 0.2) is 0 Å². The molecule has 150 valence electrons. The molecule has 5 fully saturated rings. The van der Waals surface area contributed by atoms with Crippen molar-refractivity contribution >= 4 is 17.9 Å². The zero-order chi connectivity index (χ0) is 19.8. The minimum Gasteiger partial charge on any atom is -0.459 e. The molecule has 5 aliphatic rings. The van der Waals surface area contributed by atoms with E-state index in [4.69, 9.17) is 4.74 Å². The zero-order valence-corrected chi connectivity index (χ0v) is 16.6. The van der Waals surface area contributed by atoms with Gasteiger partial charge in [-0.2, -0.15) is 0 Å². The van der Waals surface area contributed by atoms with Crippen molar-refractivity contribution < 1.29 is 29.0 Å². The first kappa shape index (κ1) is 18.9. The second-order valence-electron chi connectivity index (χ2n) is 10.2. The Morgan fingerprint density at radius 3 is 2.26 bits per heavy atom. The van der Waals surface area contributed by atoms with Gasteiger partial charge in [0.05, 0.1) is 23.4 Å². The van der Waals surface area contributed by atoms with Gasteiger partial charge in [-0.3, -0.25) is 14.4 Å². The molecule has 5 rings (SSSR count). The largest absolute Gasteiger partial charge is 0.459 e. The molecule has 5 unspecified atom stereocenters.